The predicted molar refractivity (Wildman–Crippen MR) is 104 cm³/mol. The van der Waals surface area contributed by atoms with E-state index in [9.17, 15) is 31.6 Å². The summed E-state index contributed by atoms with van der Waals surface area (Å²) in [6, 6.07) is 0. The Labute approximate surface area is 176 Å². The van der Waals surface area contributed by atoms with Crippen LogP contribution in [-0.4, -0.2) is 60.8 Å². The zero-order chi connectivity index (χ0) is 22.2. The van der Waals surface area contributed by atoms with Gasteiger partial charge in [-0.05, 0) is 38.0 Å². The first-order chi connectivity index (χ1) is 14.1. The molecule has 0 aromatic carbocycles. The SMILES string of the molecule is O=C(C1CCOCC1)N(O)S(=O)(=O)N1CCC(CCCCCCCC(F)(F)F)CC1. The van der Waals surface area contributed by atoms with Crippen molar-refractivity contribution in [2.24, 2.45) is 11.8 Å². The molecular weight excluding hydrogens is 425 g/mol. The van der Waals surface area contributed by atoms with Gasteiger partial charge in [0.05, 0.1) is 0 Å². The lowest BCUT2D eigenvalue weighted by atomic mass is 9.92. The van der Waals surface area contributed by atoms with Gasteiger partial charge in [-0.1, -0.05) is 36.6 Å². The third kappa shape index (κ3) is 7.97. The molecule has 0 unspecified atom stereocenters. The Kier molecular flexibility index (Phi) is 9.83. The number of carbonyl (C=O) groups is 1. The zero-order valence-electron chi connectivity index (χ0n) is 17.3. The van der Waals surface area contributed by atoms with Gasteiger partial charge in [0.15, 0.2) is 0 Å². The van der Waals surface area contributed by atoms with Gasteiger partial charge < -0.3 is 4.74 Å². The lowest BCUT2D eigenvalue weighted by Crippen LogP contribution is -2.50. The molecule has 30 heavy (non-hydrogen) atoms. The number of rotatable bonds is 10. The Hall–Kier alpha value is -0.910. The highest BCUT2D eigenvalue weighted by molar-refractivity contribution is 7.87. The number of alkyl halides is 3. The van der Waals surface area contributed by atoms with Gasteiger partial charge in [0, 0.05) is 38.6 Å². The minimum Gasteiger partial charge on any atom is -0.381 e. The zero-order valence-corrected chi connectivity index (χ0v) is 18.1. The average Bonchev–Trinajstić information content (AvgIpc) is 2.72. The van der Waals surface area contributed by atoms with Crippen molar-refractivity contribution in [2.45, 2.75) is 76.8 Å². The van der Waals surface area contributed by atoms with Gasteiger partial charge in [-0.2, -0.15) is 25.9 Å². The molecule has 7 nitrogen and oxygen atoms in total. The van der Waals surface area contributed by atoms with E-state index in [1.165, 1.54) is 0 Å². The molecule has 0 spiro atoms. The molecule has 176 valence electrons. The summed E-state index contributed by atoms with van der Waals surface area (Å²) in [6.45, 7) is 1.24. The average molecular weight is 459 g/mol. The van der Waals surface area contributed by atoms with Crippen LogP contribution in [0.2, 0.25) is 0 Å². The molecule has 0 aliphatic carbocycles. The highest BCUT2D eigenvalue weighted by Crippen LogP contribution is 2.27. The van der Waals surface area contributed by atoms with Crippen LogP contribution in [0.25, 0.3) is 0 Å². The maximum Gasteiger partial charge on any atom is 0.389 e. The number of carbonyl (C=O) groups excluding carboxylic acids is 1. The molecule has 0 atom stereocenters. The summed E-state index contributed by atoms with van der Waals surface area (Å²) < 4.78 is 67.6. The molecule has 2 rings (SSSR count). The van der Waals surface area contributed by atoms with E-state index in [0.29, 0.717) is 51.2 Å². The van der Waals surface area contributed by atoms with E-state index in [-0.39, 0.29) is 24.0 Å². The van der Waals surface area contributed by atoms with Crippen molar-refractivity contribution < 1.29 is 36.3 Å². The van der Waals surface area contributed by atoms with Gasteiger partial charge in [0.1, 0.15) is 0 Å². The van der Waals surface area contributed by atoms with Crippen molar-refractivity contribution in [2.75, 3.05) is 26.3 Å². The van der Waals surface area contributed by atoms with E-state index in [0.717, 1.165) is 30.0 Å². The molecule has 0 aromatic heterocycles. The maximum atomic E-state index is 12.6. The quantitative estimate of drug-likeness (QED) is 0.305. The number of hydroxylamine groups is 1. The minimum atomic E-state index is -4.24. The minimum absolute atomic E-state index is 0.0930. The van der Waals surface area contributed by atoms with Crippen LogP contribution < -0.4 is 0 Å². The topological polar surface area (TPSA) is 87.1 Å². The molecule has 2 fully saturated rings. The van der Waals surface area contributed by atoms with E-state index >= 15 is 0 Å². The second kappa shape index (κ2) is 11.6. The molecule has 2 aliphatic rings. The maximum absolute atomic E-state index is 12.6. The van der Waals surface area contributed by atoms with E-state index in [2.05, 4.69) is 0 Å². The predicted octanol–water partition coefficient (Wildman–Crippen LogP) is 3.88. The highest BCUT2D eigenvalue weighted by atomic mass is 32.2. The second-order valence-electron chi connectivity index (χ2n) is 8.24. The molecule has 0 bridgehead atoms. The molecular formula is C19H33F3N2O5S. The summed E-state index contributed by atoms with van der Waals surface area (Å²) in [5.41, 5.74) is 0. The smallest absolute Gasteiger partial charge is 0.381 e. The molecule has 1 N–H and O–H groups in total. The van der Waals surface area contributed by atoms with Gasteiger partial charge in [0.25, 0.3) is 5.91 Å². The van der Waals surface area contributed by atoms with Crippen molar-refractivity contribution in [3.05, 3.63) is 0 Å². The monoisotopic (exact) mass is 458 g/mol. The van der Waals surface area contributed by atoms with Gasteiger partial charge in [-0.15, -0.1) is 0 Å². The number of amides is 1. The van der Waals surface area contributed by atoms with Gasteiger partial charge in [0.2, 0.25) is 0 Å². The van der Waals surface area contributed by atoms with E-state index in [1.807, 2.05) is 0 Å². The third-order valence-electron chi connectivity index (χ3n) is 5.95. The first kappa shape index (κ1) is 25.4. The summed E-state index contributed by atoms with van der Waals surface area (Å²) in [5, 5.41) is 10.1. The summed E-state index contributed by atoms with van der Waals surface area (Å²) in [5.74, 6) is -0.997. The normalized spacial score (nSPS) is 20.4. The third-order valence-corrected chi connectivity index (χ3v) is 7.58. The summed E-state index contributed by atoms with van der Waals surface area (Å²) in [7, 11) is -4.24. The molecule has 1 amide bonds. The first-order valence-electron chi connectivity index (χ1n) is 10.8. The van der Waals surface area contributed by atoms with Crippen LogP contribution in [-0.2, 0) is 19.7 Å². The van der Waals surface area contributed by atoms with Gasteiger partial charge in [-0.25, -0.2) is 0 Å². The largest absolute Gasteiger partial charge is 0.389 e. The summed E-state index contributed by atoms with van der Waals surface area (Å²) in [4.78, 5) is 12.3. The van der Waals surface area contributed by atoms with Crippen molar-refractivity contribution >= 4 is 16.1 Å². The lowest BCUT2D eigenvalue weighted by molar-refractivity contribution is -0.154. The van der Waals surface area contributed by atoms with Crippen LogP contribution in [0.1, 0.15) is 70.6 Å². The number of hydrogen-bond acceptors (Lipinski definition) is 5. The number of unbranched alkanes of at least 4 members (excludes halogenated alkanes) is 4. The molecule has 2 saturated heterocycles. The molecule has 0 saturated carbocycles. The number of ether oxygens (including phenoxy) is 1. The number of nitrogens with zero attached hydrogens (tertiary/aromatic N) is 2. The van der Waals surface area contributed by atoms with Crippen LogP contribution >= 0.6 is 0 Å². The van der Waals surface area contributed by atoms with Crippen molar-refractivity contribution in [3.63, 3.8) is 0 Å². The lowest BCUT2D eigenvalue weighted by Gasteiger charge is -2.33. The molecule has 2 heterocycles. The highest BCUT2D eigenvalue weighted by Gasteiger charge is 2.38. The van der Waals surface area contributed by atoms with E-state index < -0.39 is 34.6 Å². The Bertz CT molecular complexity index is 631. The van der Waals surface area contributed by atoms with Crippen molar-refractivity contribution in [1.82, 2.24) is 8.77 Å². The summed E-state index contributed by atoms with van der Waals surface area (Å²) >= 11 is 0. The molecule has 2 aliphatic heterocycles. The molecule has 11 heteroatoms. The van der Waals surface area contributed by atoms with Crippen molar-refractivity contribution in [1.29, 1.82) is 0 Å². The van der Waals surface area contributed by atoms with Gasteiger partial charge >= 0.3 is 16.4 Å². The number of halogens is 3. The Morgan fingerprint density at radius 1 is 1.00 bits per heavy atom. The van der Waals surface area contributed by atoms with Gasteiger partial charge in [-0.3, -0.25) is 10.0 Å². The Morgan fingerprint density at radius 2 is 1.57 bits per heavy atom. The van der Waals surface area contributed by atoms with E-state index in [4.69, 9.17) is 4.74 Å². The number of piperidine rings is 1. The van der Waals surface area contributed by atoms with Crippen LogP contribution in [0, 0.1) is 11.8 Å². The fourth-order valence-corrected chi connectivity index (χ4v) is 5.31. The standard InChI is InChI=1S/C19H33F3N2O5S/c20-19(21,22)11-5-3-1-2-4-6-16-7-12-23(13-8-16)30(27,28)24(26)18(25)17-9-14-29-15-10-17/h16-17,26H,1-15H2. The Morgan fingerprint density at radius 3 is 2.17 bits per heavy atom. The van der Waals surface area contributed by atoms with Crippen LogP contribution in [0.5, 0.6) is 0 Å². The van der Waals surface area contributed by atoms with E-state index in [1.54, 1.807) is 0 Å². The molecule has 0 radical (unpaired) electrons. The fourth-order valence-electron chi connectivity index (χ4n) is 4.04. The van der Waals surface area contributed by atoms with Crippen LogP contribution in [0.4, 0.5) is 13.2 Å². The fraction of sp³-hybridized carbons (Fsp3) is 0.947. The first-order valence-corrected chi connectivity index (χ1v) is 12.2. The Balaban J connectivity index is 1.66. The van der Waals surface area contributed by atoms with Crippen LogP contribution in [0.15, 0.2) is 0 Å². The van der Waals surface area contributed by atoms with Crippen molar-refractivity contribution in [3.8, 4) is 0 Å². The summed E-state index contributed by atoms with van der Waals surface area (Å²) in [6.07, 6.45) is 1.50. The second-order valence-corrected chi connectivity index (χ2v) is 10.00. The molecule has 0 aromatic rings. The number of hydrogen-bond donors (Lipinski definition) is 1. The van der Waals surface area contributed by atoms with Crippen LogP contribution in [0.3, 0.4) is 0 Å².